The Balaban J connectivity index is 1.94. The second-order valence-electron chi connectivity index (χ2n) is 5.57. The summed E-state index contributed by atoms with van der Waals surface area (Å²) in [6.07, 6.45) is 0.183. The van der Waals surface area contributed by atoms with Gasteiger partial charge in [0, 0.05) is 12.5 Å². The molecule has 1 N–H and O–H groups in total. The molecule has 1 atom stereocenters. The number of rotatable bonds is 7. The average Bonchev–Trinajstić information content (AvgIpc) is 2.65. The van der Waals surface area contributed by atoms with E-state index in [1.165, 1.54) is 7.11 Å². The van der Waals surface area contributed by atoms with Crippen LogP contribution in [-0.4, -0.2) is 37.6 Å². The van der Waals surface area contributed by atoms with Crippen LogP contribution >= 0.6 is 0 Å². The lowest BCUT2D eigenvalue weighted by molar-refractivity contribution is -0.145. The quantitative estimate of drug-likeness (QED) is 0.747. The third kappa shape index (κ3) is 6.18. The summed E-state index contributed by atoms with van der Waals surface area (Å²) < 4.78 is 35.6. The molecule has 0 saturated heterocycles. The Bertz CT molecular complexity index is 806. The monoisotopic (exact) mass is 377 g/mol. The molecule has 142 valence electrons. The van der Waals surface area contributed by atoms with E-state index >= 15 is 0 Å². The number of hydrogen-bond donors (Lipinski definition) is 1. The van der Waals surface area contributed by atoms with Gasteiger partial charge in [0.15, 0.2) is 6.61 Å². The molecule has 2 rings (SSSR count). The van der Waals surface area contributed by atoms with Crippen molar-refractivity contribution >= 4 is 17.8 Å². The number of nitrogens with one attached hydrogen (secondary N) is 1. The number of amides is 1. The molecule has 1 unspecified atom stereocenters. The van der Waals surface area contributed by atoms with Crippen molar-refractivity contribution < 1.29 is 32.6 Å². The molecule has 0 spiro atoms. The Labute approximate surface area is 154 Å². The van der Waals surface area contributed by atoms with Crippen LogP contribution in [0.3, 0.4) is 0 Å². The van der Waals surface area contributed by atoms with Crippen LogP contribution in [0.25, 0.3) is 0 Å². The topological polar surface area (TPSA) is 81.7 Å². The number of halogens is 2. The fourth-order valence-corrected chi connectivity index (χ4v) is 2.31. The molecule has 0 heterocycles. The van der Waals surface area contributed by atoms with E-state index in [2.05, 4.69) is 10.1 Å². The maximum Gasteiger partial charge on any atom is 0.338 e. The van der Waals surface area contributed by atoms with E-state index in [-0.39, 0.29) is 12.0 Å². The smallest absolute Gasteiger partial charge is 0.338 e. The van der Waals surface area contributed by atoms with E-state index in [9.17, 15) is 23.2 Å². The lowest BCUT2D eigenvalue weighted by Gasteiger charge is -2.16. The highest BCUT2D eigenvalue weighted by Gasteiger charge is 2.22. The molecule has 27 heavy (non-hydrogen) atoms. The first-order chi connectivity index (χ1) is 12.9. The van der Waals surface area contributed by atoms with Crippen molar-refractivity contribution in [2.45, 2.75) is 12.5 Å². The summed E-state index contributed by atoms with van der Waals surface area (Å²) in [5.41, 5.74) is 0.425. The van der Waals surface area contributed by atoms with Gasteiger partial charge in [-0.25, -0.2) is 18.4 Å². The SMILES string of the molecule is COC(=O)C(Cc1ccccc1)NC(=O)COC(=O)c1cc(F)cc(F)c1. The van der Waals surface area contributed by atoms with Crippen molar-refractivity contribution in [3.63, 3.8) is 0 Å². The number of carbonyl (C=O) groups is 3. The van der Waals surface area contributed by atoms with E-state index in [4.69, 9.17) is 4.74 Å². The maximum atomic E-state index is 13.1. The van der Waals surface area contributed by atoms with Gasteiger partial charge in [-0.05, 0) is 17.7 Å². The number of methoxy groups -OCH3 is 1. The molecule has 0 aliphatic carbocycles. The van der Waals surface area contributed by atoms with E-state index in [0.29, 0.717) is 6.07 Å². The number of hydrogen-bond acceptors (Lipinski definition) is 5. The van der Waals surface area contributed by atoms with Crippen LogP contribution in [0.5, 0.6) is 0 Å². The third-order valence-electron chi connectivity index (χ3n) is 3.54. The molecule has 6 nitrogen and oxygen atoms in total. The fourth-order valence-electron chi connectivity index (χ4n) is 2.31. The zero-order valence-corrected chi connectivity index (χ0v) is 14.4. The Kier molecular flexibility index (Phi) is 6.99. The summed E-state index contributed by atoms with van der Waals surface area (Å²) in [4.78, 5) is 35.6. The minimum absolute atomic E-state index is 0.183. The van der Waals surface area contributed by atoms with Gasteiger partial charge in [0.2, 0.25) is 0 Å². The van der Waals surface area contributed by atoms with E-state index in [0.717, 1.165) is 17.7 Å². The molecule has 8 heteroatoms. The number of carbonyl (C=O) groups excluding carboxylic acids is 3. The molecule has 1 amide bonds. The van der Waals surface area contributed by atoms with Gasteiger partial charge in [0.1, 0.15) is 17.7 Å². The second-order valence-corrected chi connectivity index (χ2v) is 5.57. The summed E-state index contributed by atoms with van der Waals surface area (Å²) in [6.45, 7) is -0.723. The summed E-state index contributed by atoms with van der Waals surface area (Å²) in [5, 5.41) is 2.41. The van der Waals surface area contributed by atoms with Gasteiger partial charge in [-0.2, -0.15) is 0 Å². The van der Waals surface area contributed by atoms with Crippen molar-refractivity contribution in [3.8, 4) is 0 Å². The number of esters is 2. The van der Waals surface area contributed by atoms with Gasteiger partial charge in [-0.15, -0.1) is 0 Å². The van der Waals surface area contributed by atoms with E-state index < -0.39 is 42.1 Å². The summed E-state index contributed by atoms with van der Waals surface area (Å²) in [6, 6.07) is 10.1. The van der Waals surface area contributed by atoms with Crippen molar-refractivity contribution in [2.24, 2.45) is 0 Å². The highest BCUT2D eigenvalue weighted by Crippen LogP contribution is 2.09. The molecular formula is C19H17F2NO5. The Morgan fingerprint density at radius 2 is 1.67 bits per heavy atom. The predicted octanol–water partition coefficient (Wildman–Crippen LogP) is 2.02. The standard InChI is InChI=1S/C19H17F2NO5/c1-26-19(25)16(7-12-5-3-2-4-6-12)22-17(23)11-27-18(24)13-8-14(20)10-15(21)9-13/h2-6,8-10,16H,7,11H2,1H3,(H,22,23). The Morgan fingerprint density at radius 3 is 2.26 bits per heavy atom. The van der Waals surface area contributed by atoms with Gasteiger partial charge in [0.25, 0.3) is 5.91 Å². The molecule has 0 fully saturated rings. The lowest BCUT2D eigenvalue weighted by atomic mass is 10.1. The molecule has 0 radical (unpaired) electrons. The van der Waals surface area contributed by atoms with Crippen LogP contribution in [0.15, 0.2) is 48.5 Å². The molecule has 0 aliphatic heterocycles. The van der Waals surface area contributed by atoms with Gasteiger partial charge >= 0.3 is 11.9 Å². The molecular weight excluding hydrogens is 360 g/mol. The van der Waals surface area contributed by atoms with Crippen LogP contribution in [0.4, 0.5) is 8.78 Å². The normalized spacial score (nSPS) is 11.4. The van der Waals surface area contributed by atoms with Crippen molar-refractivity contribution in [3.05, 3.63) is 71.3 Å². The van der Waals surface area contributed by atoms with Crippen LogP contribution in [0, 0.1) is 11.6 Å². The largest absolute Gasteiger partial charge is 0.467 e. The van der Waals surface area contributed by atoms with Crippen LogP contribution in [0.1, 0.15) is 15.9 Å². The van der Waals surface area contributed by atoms with Crippen LogP contribution in [0.2, 0.25) is 0 Å². The molecule has 2 aromatic carbocycles. The van der Waals surface area contributed by atoms with Crippen molar-refractivity contribution in [2.75, 3.05) is 13.7 Å². The zero-order valence-electron chi connectivity index (χ0n) is 14.4. The maximum absolute atomic E-state index is 13.1. The molecule has 0 aliphatic rings. The Hall–Kier alpha value is -3.29. The lowest BCUT2D eigenvalue weighted by Crippen LogP contribution is -2.44. The first kappa shape index (κ1) is 20.0. The fraction of sp³-hybridized carbons (Fsp3) is 0.211. The highest BCUT2D eigenvalue weighted by atomic mass is 19.1. The van der Waals surface area contributed by atoms with Gasteiger partial charge < -0.3 is 14.8 Å². The van der Waals surface area contributed by atoms with E-state index in [1.54, 1.807) is 24.3 Å². The van der Waals surface area contributed by atoms with E-state index in [1.807, 2.05) is 6.07 Å². The average molecular weight is 377 g/mol. The minimum Gasteiger partial charge on any atom is -0.467 e. The Morgan fingerprint density at radius 1 is 1.04 bits per heavy atom. The molecule has 0 saturated carbocycles. The zero-order chi connectivity index (χ0) is 19.8. The number of ether oxygens (including phenoxy) is 2. The first-order valence-corrected chi connectivity index (χ1v) is 7.93. The van der Waals surface area contributed by atoms with Gasteiger partial charge in [-0.3, -0.25) is 4.79 Å². The predicted molar refractivity (Wildman–Crippen MR) is 90.7 cm³/mol. The third-order valence-corrected chi connectivity index (χ3v) is 3.54. The second kappa shape index (κ2) is 9.42. The summed E-state index contributed by atoms with van der Waals surface area (Å²) >= 11 is 0. The molecule has 0 bridgehead atoms. The summed E-state index contributed by atoms with van der Waals surface area (Å²) in [5.74, 6) is -4.38. The van der Waals surface area contributed by atoms with Gasteiger partial charge in [0.05, 0.1) is 12.7 Å². The highest BCUT2D eigenvalue weighted by molar-refractivity contribution is 5.92. The van der Waals surface area contributed by atoms with Crippen molar-refractivity contribution in [1.82, 2.24) is 5.32 Å². The van der Waals surface area contributed by atoms with Crippen LogP contribution < -0.4 is 5.32 Å². The van der Waals surface area contributed by atoms with Crippen LogP contribution in [-0.2, 0) is 25.5 Å². The summed E-state index contributed by atoms with van der Waals surface area (Å²) in [7, 11) is 1.19. The molecule has 0 aromatic heterocycles. The van der Waals surface area contributed by atoms with Gasteiger partial charge in [-0.1, -0.05) is 30.3 Å². The first-order valence-electron chi connectivity index (χ1n) is 7.93. The minimum atomic E-state index is -1.07. The molecule has 2 aromatic rings. The van der Waals surface area contributed by atoms with Crippen molar-refractivity contribution in [1.29, 1.82) is 0 Å². The number of benzene rings is 2.